The number of aromatic nitrogens is 2. The summed E-state index contributed by atoms with van der Waals surface area (Å²) >= 11 is 7.47. The van der Waals surface area contributed by atoms with E-state index in [0.717, 1.165) is 16.7 Å². The maximum atomic E-state index is 13.4. The third-order valence-corrected chi connectivity index (χ3v) is 6.67. The second-order valence-corrected chi connectivity index (χ2v) is 8.89. The van der Waals surface area contributed by atoms with Crippen LogP contribution in [-0.4, -0.2) is 22.6 Å². The van der Waals surface area contributed by atoms with Crippen molar-refractivity contribution in [2.75, 3.05) is 12.4 Å². The molecule has 6 nitrogen and oxygen atoms in total. The predicted molar refractivity (Wildman–Crippen MR) is 130 cm³/mol. The van der Waals surface area contributed by atoms with Crippen LogP contribution < -0.4 is 15.6 Å². The van der Waals surface area contributed by atoms with Crippen LogP contribution >= 0.6 is 22.9 Å². The maximum absolute atomic E-state index is 13.4. The van der Waals surface area contributed by atoms with E-state index < -0.39 is 6.04 Å². The number of nitrogens with zero attached hydrogens (tertiary/aromatic N) is 2. The van der Waals surface area contributed by atoms with Crippen molar-refractivity contribution >= 4 is 44.7 Å². The fourth-order valence-electron chi connectivity index (χ4n) is 3.48. The van der Waals surface area contributed by atoms with E-state index in [1.54, 1.807) is 25.1 Å². The van der Waals surface area contributed by atoms with Crippen LogP contribution in [0.4, 0.5) is 5.69 Å². The molecule has 4 rings (SSSR count). The van der Waals surface area contributed by atoms with Gasteiger partial charge in [-0.15, -0.1) is 11.3 Å². The van der Waals surface area contributed by atoms with Gasteiger partial charge in [0.05, 0.1) is 24.5 Å². The zero-order valence-electron chi connectivity index (χ0n) is 18.1. The Morgan fingerprint density at radius 2 is 1.97 bits per heavy atom. The lowest BCUT2D eigenvalue weighted by atomic mass is 10.0. The number of ether oxygens (including phenoxy) is 1. The average molecular weight is 468 g/mol. The first-order valence-electron chi connectivity index (χ1n) is 10.0. The standard InChI is InChI=1S/C24H22ClN3O3S/c1-13-5-6-16(9-14(13)2)18-11-32-23-21(18)24(30)28(12-26-23)15(3)22(29)27-19-10-17(25)7-8-20(19)31-4/h5-12,15H,1-4H3,(H,27,29). The molecule has 4 aromatic rings. The molecule has 0 aliphatic heterocycles. The second kappa shape index (κ2) is 8.76. The molecular formula is C24H22ClN3O3S. The van der Waals surface area contributed by atoms with Gasteiger partial charge in [0, 0.05) is 16.0 Å². The van der Waals surface area contributed by atoms with Crippen molar-refractivity contribution in [3.05, 3.63) is 74.6 Å². The molecule has 1 unspecified atom stereocenters. The molecule has 0 aliphatic carbocycles. The van der Waals surface area contributed by atoms with Crippen LogP contribution in [-0.2, 0) is 4.79 Å². The molecule has 2 heterocycles. The summed E-state index contributed by atoms with van der Waals surface area (Å²) in [5.41, 5.74) is 4.29. The van der Waals surface area contributed by atoms with E-state index in [1.165, 1.54) is 34.9 Å². The first-order valence-corrected chi connectivity index (χ1v) is 11.3. The number of carbonyl (C=O) groups excluding carboxylic acids is 1. The fraction of sp³-hybridized carbons (Fsp3) is 0.208. The molecule has 2 aromatic heterocycles. The van der Waals surface area contributed by atoms with Gasteiger partial charge in [-0.2, -0.15) is 0 Å². The van der Waals surface area contributed by atoms with Crippen molar-refractivity contribution in [2.24, 2.45) is 0 Å². The Morgan fingerprint density at radius 3 is 2.69 bits per heavy atom. The number of halogens is 1. The maximum Gasteiger partial charge on any atom is 0.263 e. The highest BCUT2D eigenvalue weighted by atomic mass is 35.5. The van der Waals surface area contributed by atoms with Crippen molar-refractivity contribution in [1.29, 1.82) is 0 Å². The molecule has 164 valence electrons. The molecular weight excluding hydrogens is 446 g/mol. The summed E-state index contributed by atoms with van der Waals surface area (Å²) in [6.07, 6.45) is 1.42. The Balaban J connectivity index is 1.72. The van der Waals surface area contributed by atoms with E-state index in [2.05, 4.69) is 23.3 Å². The summed E-state index contributed by atoms with van der Waals surface area (Å²) in [7, 11) is 1.51. The Kier molecular flexibility index (Phi) is 6.04. The van der Waals surface area contributed by atoms with Crippen LogP contribution in [0.25, 0.3) is 21.3 Å². The number of fused-ring (bicyclic) bond motifs is 1. The lowest BCUT2D eigenvalue weighted by Crippen LogP contribution is -2.31. The Hall–Kier alpha value is -3.16. The molecule has 0 radical (unpaired) electrons. The van der Waals surface area contributed by atoms with E-state index in [9.17, 15) is 9.59 Å². The van der Waals surface area contributed by atoms with Gasteiger partial charge in [0.15, 0.2) is 0 Å². The highest BCUT2D eigenvalue weighted by Gasteiger charge is 2.21. The van der Waals surface area contributed by atoms with E-state index in [4.69, 9.17) is 16.3 Å². The third kappa shape index (κ3) is 4.01. The molecule has 2 aromatic carbocycles. The Labute approximate surface area is 194 Å². The van der Waals surface area contributed by atoms with Gasteiger partial charge in [-0.05, 0) is 55.7 Å². The fourth-order valence-corrected chi connectivity index (χ4v) is 4.56. The van der Waals surface area contributed by atoms with Crippen molar-refractivity contribution in [1.82, 2.24) is 9.55 Å². The van der Waals surface area contributed by atoms with Crippen LogP contribution in [0.2, 0.25) is 5.02 Å². The molecule has 1 atom stereocenters. The number of anilines is 1. The Morgan fingerprint density at radius 1 is 1.19 bits per heavy atom. The van der Waals surface area contributed by atoms with Crippen molar-refractivity contribution in [3.8, 4) is 16.9 Å². The zero-order chi connectivity index (χ0) is 23.0. The van der Waals surface area contributed by atoms with Gasteiger partial charge in [-0.3, -0.25) is 14.2 Å². The minimum absolute atomic E-state index is 0.259. The second-order valence-electron chi connectivity index (χ2n) is 7.60. The molecule has 8 heteroatoms. The minimum Gasteiger partial charge on any atom is -0.495 e. The first kappa shape index (κ1) is 22.0. The molecule has 0 spiro atoms. The number of amides is 1. The van der Waals surface area contributed by atoms with Crippen molar-refractivity contribution in [2.45, 2.75) is 26.8 Å². The van der Waals surface area contributed by atoms with Crippen molar-refractivity contribution in [3.63, 3.8) is 0 Å². The van der Waals surface area contributed by atoms with Gasteiger partial charge in [-0.1, -0.05) is 29.8 Å². The summed E-state index contributed by atoms with van der Waals surface area (Å²) in [6.45, 7) is 5.75. The molecule has 0 fully saturated rings. The predicted octanol–water partition coefficient (Wildman–Crippen LogP) is 5.60. The highest BCUT2D eigenvalue weighted by molar-refractivity contribution is 7.17. The third-order valence-electron chi connectivity index (χ3n) is 5.55. The Bertz CT molecular complexity index is 1390. The van der Waals surface area contributed by atoms with Gasteiger partial charge in [0.2, 0.25) is 5.91 Å². The van der Waals surface area contributed by atoms with E-state index in [1.807, 2.05) is 24.4 Å². The summed E-state index contributed by atoms with van der Waals surface area (Å²) in [5.74, 6) is 0.0995. The number of nitrogens with one attached hydrogen (secondary N) is 1. The van der Waals surface area contributed by atoms with Crippen LogP contribution in [0.15, 0.2) is 52.9 Å². The average Bonchev–Trinajstić information content (AvgIpc) is 3.21. The zero-order valence-corrected chi connectivity index (χ0v) is 19.7. The van der Waals surface area contributed by atoms with Gasteiger partial charge in [0.25, 0.3) is 5.56 Å². The van der Waals surface area contributed by atoms with Crippen LogP contribution in [0, 0.1) is 13.8 Å². The first-order chi connectivity index (χ1) is 15.3. The number of hydrogen-bond acceptors (Lipinski definition) is 5. The largest absolute Gasteiger partial charge is 0.495 e. The molecule has 0 bridgehead atoms. The van der Waals surface area contributed by atoms with Crippen LogP contribution in [0.3, 0.4) is 0 Å². The van der Waals surface area contributed by atoms with Gasteiger partial charge < -0.3 is 10.1 Å². The van der Waals surface area contributed by atoms with Gasteiger partial charge in [0.1, 0.15) is 16.6 Å². The molecule has 0 saturated heterocycles. The quantitative estimate of drug-likeness (QED) is 0.414. The number of methoxy groups -OCH3 is 1. The summed E-state index contributed by atoms with van der Waals surface area (Å²) < 4.78 is 6.64. The molecule has 1 amide bonds. The smallest absolute Gasteiger partial charge is 0.263 e. The van der Waals surface area contributed by atoms with Gasteiger partial charge in [-0.25, -0.2) is 4.98 Å². The van der Waals surface area contributed by atoms with E-state index in [0.29, 0.717) is 26.7 Å². The highest BCUT2D eigenvalue weighted by Crippen LogP contribution is 2.32. The lowest BCUT2D eigenvalue weighted by Gasteiger charge is -2.16. The van der Waals surface area contributed by atoms with E-state index in [-0.39, 0.29) is 11.5 Å². The summed E-state index contributed by atoms with van der Waals surface area (Å²) in [4.78, 5) is 31.5. The molecule has 1 N–H and O–H groups in total. The molecule has 0 saturated carbocycles. The topological polar surface area (TPSA) is 73.2 Å². The van der Waals surface area contributed by atoms with Crippen LogP contribution in [0.5, 0.6) is 5.75 Å². The monoisotopic (exact) mass is 467 g/mol. The number of aryl methyl sites for hydroxylation is 2. The number of carbonyl (C=O) groups is 1. The molecule has 32 heavy (non-hydrogen) atoms. The minimum atomic E-state index is -0.796. The number of rotatable bonds is 5. The SMILES string of the molecule is COc1ccc(Cl)cc1NC(=O)C(C)n1cnc2scc(-c3ccc(C)c(C)c3)c2c1=O. The number of hydrogen-bond donors (Lipinski definition) is 1. The van der Waals surface area contributed by atoms with Gasteiger partial charge >= 0.3 is 0 Å². The lowest BCUT2D eigenvalue weighted by molar-refractivity contribution is -0.118. The normalized spacial score (nSPS) is 12.0. The summed E-state index contributed by atoms with van der Waals surface area (Å²) in [5, 5.41) is 5.71. The number of benzene rings is 2. The van der Waals surface area contributed by atoms with E-state index >= 15 is 0 Å². The molecule has 0 aliphatic rings. The van der Waals surface area contributed by atoms with Crippen molar-refractivity contribution < 1.29 is 9.53 Å². The number of thiophene rings is 1. The summed E-state index contributed by atoms with van der Waals surface area (Å²) in [6, 6.07) is 10.3. The van der Waals surface area contributed by atoms with Crippen LogP contribution in [0.1, 0.15) is 24.1 Å².